The molecule has 3 nitrogen and oxygen atoms in total. The lowest BCUT2D eigenvalue weighted by molar-refractivity contribution is 0.595. The van der Waals surface area contributed by atoms with E-state index in [2.05, 4.69) is 4.98 Å². The maximum absolute atomic E-state index is 12.9. The Kier molecular flexibility index (Phi) is 5.18. The molecule has 0 radical (unpaired) electrons. The summed E-state index contributed by atoms with van der Waals surface area (Å²) in [7, 11) is -3.39. The quantitative estimate of drug-likeness (QED) is 0.664. The largest absolute Gasteiger partial charge is 0.258 e. The van der Waals surface area contributed by atoms with Gasteiger partial charge in [-0.2, -0.15) is 0 Å². The van der Waals surface area contributed by atoms with Gasteiger partial charge in [-0.1, -0.05) is 30.3 Å². The standard InChI is InChI=1S/C21H20FNO2S/c1-15-3-12-21(16(2)23-15)18-6-10-20(11-7-18)26(24,25)14-13-17-4-8-19(22)9-5-17/h3-12H,13-14H2,1-2H3. The smallest absolute Gasteiger partial charge is 0.178 e. The fraction of sp³-hybridized carbons (Fsp3) is 0.190. The summed E-state index contributed by atoms with van der Waals surface area (Å²) >= 11 is 0. The second-order valence-corrected chi connectivity index (χ2v) is 8.41. The predicted octanol–water partition coefficient (Wildman–Crippen LogP) is 4.52. The zero-order chi connectivity index (χ0) is 18.7. The molecule has 5 heteroatoms. The van der Waals surface area contributed by atoms with Crippen LogP contribution in [0.25, 0.3) is 11.1 Å². The molecule has 2 aromatic carbocycles. The van der Waals surface area contributed by atoms with Crippen LogP contribution in [0.4, 0.5) is 4.39 Å². The Morgan fingerprint density at radius 1 is 0.885 bits per heavy atom. The van der Waals surface area contributed by atoms with Crippen molar-refractivity contribution in [3.05, 3.63) is 83.4 Å². The van der Waals surface area contributed by atoms with Gasteiger partial charge in [0.05, 0.1) is 10.6 Å². The molecule has 0 aliphatic carbocycles. The summed E-state index contributed by atoms with van der Waals surface area (Å²) in [6.45, 7) is 3.88. The van der Waals surface area contributed by atoms with Crippen LogP contribution in [-0.2, 0) is 16.3 Å². The summed E-state index contributed by atoms with van der Waals surface area (Å²) in [6, 6.07) is 16.7. The molecule has 1 heterocycles. The van der Waals surface area contributed by atoms with Gasteiger partial charge in [-0.25, -0.2) is 12.8 Å². The van der Waals surface area contributed by atoms with Crippen molar-refractivity contribution in [2.45, 2.75) is 25.2 Å². The zero-order valence-electron chi connectivity index (χ0n) is 14.7. The number of pyridine rings is 1. The molecule has 0 spiro atoms. The van der Waals surface area contributed by atoms with Gasteiger partial charge in [0.15, 0.2) is 9.84 Å². The molecule has 0 fully saturated rings. The minimum absolute atomic E-state index is 0.0108. The first-order valence-electron chi connectivity index (χ1n) is 8.37. The highest BCUT2D eigenvalue weighted by molar-refractivity contribution is 7.91. The second kappa shape index (κ2) is 7.38. The van der Waals surface area contributed by atoms with Crippen molar-refractivity contribution >= 4 is 9.84 Å². The molecule has 0 unspecified atom stereocenters. The Morgan fingerprint density at radius 2 is 1.54 bits per heavy atom. The molecule has 0 aliphatic heterocycles. The fourth-order valence-electron chi connectivity index (χ4n) is 2.85. The zero-order valence-corrected chi connectivity index (χ0v) is 15.6. The van der Waals surface area contributed by atoms with Gasteiger partial charge in [0, 0.05) is 17.0 Å². The van der Waals surface area contributed by atoms with Crippen LogP contribution in [0.2, 0.25) is 0 Å². The van der Waals surface area contributed by atoms with Crippen LogP contribution in [-0.4, -0.2) is 19.2 Å². The normalized spacial score (nSPS) is 11.5. The molecule has 0 N–H and O–H groups in total. The third-order valence-corrected chi connectivity index (χ3v) is 6.05. The van der Waals surface area contributed by atoms with Crippen LogP contribution >= 0.6 is 0 Å². The van der Waals surface area contributed by atoms with Crippen molar-refractivity contribution in [2.75, 3.05) is 5.75 Å². The molecule has 134 valence electrons. The average Bonchev–Trinajstić information content (AvgIpc) is 2.61. The Balaban J connectivity index is 1.77. The van der Waals surface area contributed by atoms with E-state index in [-0.39, 0.29) is 11.6 Å². The first-order chi connectivity index (χ1) is 12.3. The SMILES string of the molecule is Cc1ccc(-c2ccc(S(=O)(=O)CCc3ccc(F)cc3)cc2)c(C)n1. The Hall–Kier alpha value is -2.53. The van der Waals surface area contributed by atoms with E-state index in [1.807, 2.05) is 38.1 Å². The molecule has 0 saturated carbocycles. The number of rotatable bonds is 5. The predicted molar refractivity (Wildman–Crippen MR) is 101 cm³/mol. The third-order valence-electron chi connectivity index (χ3n) is 4.32. The van der Waals surface area contributed by atoms with Crippen molar-refractivity contribution in [3.8, 4) is 11.1 Å². The Bertz CT molecular complexity index is 1010. The van der Waals surface area contributed by atoms with Gasteiger partial charge in [0.1, 0.15) is 5.82 Å². The van der Waals surface area contributed by atoms with E-state index in [4.69, 9.17) is 0 Å². The highest BCUT2D eigenvalue weighted by atomic mass is 32.2. The number of aryl methyl sites for hydroxylation is 3. The van der Waals surface area contributed by atoms with Gasteiger partial charge in [0.25, 0.3) is 0 Å². The average molecular weight is 369 g/mol. The summed E-state index contributed by atoms with van der Waals surface area (Å²) < 4.78 is 38.0. The number of benzene rings is 2. The molecule has 0 saturated heterocycles. The lowest BCUT2D eigenvalue weighted by Gasteiger charge is -2.09. The topological polar surface area (TPSA) is 47.0 Å². The number of hydrogen-bond acceptors (Lipinski definition) is 3. The summed E-state index contributed by atoms with van der Waals surface area (Å²) in [4.78, 5) is 4.74. The molecule has 0 bridgehead atoms. The molecule has 26 heavy (non-hydrogen) atoms. The third kappa shape index (κ3) is 4.17. The van der Waals surface area contributed by atoms with E-state index < -0.39 is 9.84 Å². The van der Waals surface area contributed by atoms with Crippen LogP contribution in [0.5, 0.6) is 0 Å². The van der Waals surface area contributed by atoms with Crippen LogP contribution in [0, 0.1) is 19.7 Å². The van der Waals surface area contributed by atoms with Gasteiger partial charge in [-0.05, 0) is 61.7 Å². The number of sulfone groups is 1. The van der Waals surface area contributed by atoms with Crippen LogP contribution in [0.15, 0.2) is 65.6 Å². The minimum Gasteiger partial charge on any atom is -0.258 e. The van der Waals surface area contributed by atoms with Gasteiger partial charge in [0.2, 0.25) is 0 Å². The molecule has 0 aliphatic rings. The summed E-state index contributed by atoms with van der Waals surface area (Å²) in [5.41, 5.74) is 4.59. The molecule has 1 aromatic heterocycles. The number of halogens is 1. The Labute approximate surface area is 153 Å². The van der Waals surface area contributed by atoms with Crippen molar-refractivity contribution in [1.29, 1.82) is 0 Å². The van der Waals surface area contributed by atoms with Crippen LogP contribution in [0.1, 0.15) is 17.0 Å². The van der Waals surface area contributed by atoms with Crippen molar-refractivity contribution < 1.29 is 12.8 Å². The molecule has 3 rings (SSSR count). The highest BCUT2D eigenvalue weighted by Gasteiger charge is 2.15. The van der Waals surface area contributed by atoms with E-state index in [9.17, 15) is 12.8 Å². The van der Waals surface area contributed by atoms with E-state index in [1.54, 1.807) is 24.3 Å². The lowest BCUT2D eigenvalue weighted by Crippen LogP contribution is -2.09. The van der Waals surface area contributed by atoms with E-state index in [1.165, 1.54) is 12.1 Å². The molecule has 3 aromatic rings. The van der Waals surface area contributed by atoms with Gasteiger partial charge in [-0.15, -0.1) is 0 Å². The molecular formula is C21H20FNO2S. The maximum atomic E-state index is 12.9. The van der Waals surface area contributed by atoms with Gasteiger partial charge in [-0.3, -0.25) is 4.98 Å². The van der Waals surface area contributed by atoms with E-state index >= 15 is 0 Å². The summed E-state index contributed by atoms with van der Waals surface area (Å²) in [5.74, 6) is -0.337. The van der Waals surface area contributed by atoms with Crippen molar-refractivity contribution in [2.24, 2.45) is 0 Å². The van der Waals surface area contributed by atoms with E-state index in [0.29, 0.717) is 11.3 Å². The Morgan fingerprint density at radius 3 is 2.15 bits per heavy atom. The maximum Gasteiger partial charge on any atom is 0.178 e. The van der Waals surface area contributed by atoms with E-state index in [0.717, 1.165) is 28.1 Å². The number of aromatic nitrogens is 1. The van der Waals surface area contributed by atoms with Crippen molar-refractivity contribution in [1.82, 2.24) is 4.98 Å². The van der Waals surface area contributed by atoms with Gasteiger partial charge >= 0.3 is 0 Å². The van der Waals surface area contributed by atoms with Crippen LogP contribution < -0.4 is 0 Å². The molecule has 0 amide bonds. The first kappa shape index (κ1) is 18.3. The molecular weight excluding hydrogens is 349 g/mol. The number of nitrogens with zero attached hydrogens (tertiary/aromatic N) is 1. The summed E-state index contributed by atoms with van der Waals surface area (Å²) in [6.07, 6.45) is 0.353. The van der Waals surface area contributed by atoms with Crippen molar-refractivity contribution in [3.63, 3.8) is 0 Å². The fourth-order valence-corrected chi connectivity index (χ4v) is 4.15. The second-order valence-electron chi connectivity index (χ2n) is 6.31. The highest BCUT2D eigenvalue weighted by Crippen LogP contribution is 2.24. The monoisotopic (exact) mass is 369 g/mol. The summed E-state index contributed by atoms with van der Waals surface area (Å²) in [5, 5.41) is 0. The lowest BCUT2D eigenvalue weighted by atomic mass is 10.0. The minimum atomic E-state index is -3.39. The van der Waals surface area contributed by atoms with Crippen LogP contribution in [0.3, 0.4) is 0 Å². The van der Waals surface area contributed by atoms with Gasteiger partial charge < -0.3 is 0 Å². The molecule has 0 atom stereocenters. The number of hydrogen-bond donors (Lipinski definition) is 0. The first-order valence-corrected chi connectivity index (χ1v) is 10.0.